The molecule has 0 aliphatic rings. The average Bonchev–Trinajstić information content (AvgIpc) is 2.37. The van der Waals surface area contributed by atoms with Gasteiger partial charge in [-0.2, -0.15) is 0 Å². The Hall–Kier alpha value is -1.11. The van der Waals surface area contributed by atoms with E-state index in [0.717, 1.165) is 24.7 Å². The molecular formula is C14H24N2O3S. The van der Waals surface area contributed by atoms with Crippen LogP contribution in [0.15, 0.2) is 24.3 Å². The zero-order valence-corrected chi connectivity index (χ0v) is 13.1. The van der Waals surface area contributed by atoms with Crippen LogP contribution in [-0.2, 0) is 10.0 Å². The molecule has 0 aromatic heterocycles. The van der Waals surface area contributed by atoms with Crippen molar-refractivity contribution in [1.82, 2.24) is 5.32 Å². The van der Waals surface area contributed by atoms with E-state index in [0.29, 0.717) is 5.69 Å². The normalized spacial score (nSPS) is 14.8. The van der Waals surface area contributed by atoms with E-state index in [2.05, 4.69) is 23.9 Å². The lowest BCUT2D eigenvalue weighted by Crippen LogP contribution is -2.31. The number of benzene rings is 1. The molecule has 5 nitrogen and oxygen atoms in total. The molecule has 2 unspecified atom stereocenters. The second-order valence-corrected chi connectivity index (χ2v) is 6.75. The summed E-state index contributed by atoms with van der Waals surface area (Å²) in [5.41, 5.74) is 1.64. The van der Waals surface area contributed by atoms with Gasteiger partial charge >= 0.3 is 0 Å². The smallest absolute Gasteiger partial charge is 0.229 e. The van der Waals surface area contributed by atoms with Gasteiger partial charge in [-0.15, -0.1) is 0 Å². The molecule has 0 aliphatic heterocycles. The minimum atomic E-state index is -3.23. The maximum absolute atomic E-state index is 11.1. The molecule has 3 N–H and O–H groups in total. The van der Waals surface area contributed by atoms with Crippen LogP contribution >= 0.6 is 0 Å². The first kappa shape index (κ1) is 16.9. The summed E-state index contributed by atoms with van der Waals surface area (Å²) in [6, 6.07) is 7.74. The fourth-order valence-electron chi connectivity index (χ4n) is 2.06. The van der Waals surface area contributed by atoms with Crippen molar-refractivity contribution in [3.05, 3.63) is 29.8 Å². The Morgan fingerprint density at radius 2 is 1.85 bits per heavy atom. The molecule has 0 fully saturated rings. The molecule has 0 heterocycles. The number of sulfonamides is 1. The predicted molar refractivity (Wildman–Crippen MR) is 82.2 cm³/mol. The Balaban J connectivity index is 2.67. The molecule has 0 saturated carbocycles. The largest absolute Gasteiger partial charge is 0.396 e. The van der Waals surface area contributed by atoms with Gasteiger partial charge in [-0.3, -0.25) is 4.72 Å². The van der Waals surface area contributed by atoms with Crippen molar-refractivity contribution in [2.24, 2.45) is 0 Å². The van der Waals surface area contributed by atoms with Gasteiger partial charge in [0.25, 0.3) is 0 Å². The van der Waals surface area contributed by atoms with Crippen molar-refractivity contribution in [3.8, 4) is 0 Å². The van der Waals surface area contributed by atoms with Crippen molar-refractivity contribution in [2.75, 3.05) is 17.6 Å². The summed E-state index contributed by atoms with van der Waals surface area (Å²) in [4.78, 5) is 0. The van der Waals surface area contributed by atoms with Crippen molar-refractivity contribution in [1.29, 1.82) is 0 Å². The minimum absolute atomic E-state index is 0.152. The summed E-state index contributed by atoms with van der Waals surface area (Å²) in [5.74, 6) is 0. The van der Waals surface area contributed by atoms with Crippen molar-refractivity contribution in [3.63, 3.8) is 0 Å². The number of nitrogens with one attached hydrogen (secondary N) is 2. The van der Waals surface area contributed by atoms with Crippen LogP contribution in [0.25, 0.3) is 0 Å². The van der Waals surface area contributed by atoms with E-state index in [1.165, 1.54) is 0 Å². The van der Waals surface area contributed by atoms with Gasteiger partial charge in [0.2, 0.25) is 10.0 Å². The molecule has 0 bridgehead atoms. The molecule has 0 saturated heterocycles. The molecule has 1 aromatic carbocycles. The lowest BCUT2D eigenvalue weighted by molar-refractivity contribution is 0.257. The van der Waals surface area contributed by atoms with Gasteiger partial charge in [0.05, 0.1) is 6.26 Å². The third-order valence-electron chi connectivity index (χ3n) is 3.17. The molecule has 1 rings (SSSR count). The topological polar surface area (TPSA) is 78.4 Å². The van der Waals surface area contributed by atoms with Crippen LogP contribution in [-0.4, -0.2) is 32.4 Å². The summed E-state index contributed by atoms with van der Waals surface area (Å²) in [6.45, 7) is 4.31. The van der Waals surface area contributed by atoms with Crippen LogP contribution < -0.4 is 10.0 Å². The highest BCUT2D eigenvalue weighted by Gasteiger charge is 2.11. The number of rotatable bonds is 8. The van der Waals surface area contributed by atoms with Crippen LogP contribution in [0.1, 0.15) is 38.3 Å². The molecule has 6 heteroatoms. The second kappa shape index (κ2) is 7.61. The van der Waals surface area contributed by atoms with Crippen LogP contribution in [0.3, 0.4) is 0 Å². The fourth-order valence-corrected chi connectivity index (χ4v) is 2.63. The second-order valence-electron chi connectivity index (χ2n) is 5.00. The van der Waals surface area contributed by atoms with Crippen LogP contribution in [0, 0.1) is 0 Å². The molecule has 0 amide bonds. The highest BCUT2D eigenvalue weighted by molar-refractivity contribution is 7.92. The standard InChI is InChI=1S/C14H24N2O3S/c1-4-13(9-10-17)15-11(2)12-5-7-14(8-6-12)16-20(3,18)19/h5-8,11,13,15-17H,4,9-10H2,1-3H3. The number of hydrogen-bond acceptors (Lipinski definition) is 4. The molecule has 1 aromatic rings. The molecule has 114 valence electrons. The monoisotopic (exact) mass is 300 g/mol. The Labute approximate surface area is 121 Å². The van der Waals surface area contributed by atoms with Crippen LogP contribution in [0.2, 0.25) is 0 Å². The van der Waals surface area contributed by atoms with Crippen molar-refractivity contribution < 1.29 is 13.5 Å². The van der Waals surface area contributed by atoms with E-state index in [-0.39, 0.29) is 18.7 Å². The minimum Gasteiger partial charge on any atom is -0.396 e. The number of aliphatic hydroxyl groups excluding tert-OH is 1. The number of anilines is 1. The SMILES string of the molecule is CCC(CCO)NC(C)c1ccc(NS(C)(=O)=O)cc1. The Bertz CT molecular complexity index is 500. The van der Waals surface area contributed by atoms with Gasteiger partial charge in [0.15, 0.2) is 0 Å². The van der Waals surface area contributed by atoms with Gasteiger partial charge in [-0.1, -0.05) is 19.1 Å². The van der Waals surface area contributed by atoms with Crippen molar-refractivity contribution in [2.45, 2.75) is 38.8 Å². The first-order chi connectivity index (χ1) is 9.35. The Morgan fingerprint density at radius 3 is 2.30 bits per heavy atom. The molecular weight excluding hydrogens is 276 g/mol. The van der Waals surface area contributed by atoms with Crippen molar-refractivity contribution >= 4 is 15.7 Å². The number of hydrogen-bond donors (Lipinski definition) is 3. The molecule has 2 atom stereocenters. The van der Waals surface area contributed by atoms with E-state index in [9.17, 15) is 8.42 Å². The predicted octanol–water partition coefficient (Wildman–Crippen LogP) is 1.87. The third kappa shape index (κ3) is 5.90. The lowest BCUT2D eigenvalue weighted by Gasteiger charge is -2.22. The van der Waals surface area contributed by atoms with Crippen LogP contribution in [0.5, 0.6) is 0 Å². The van der Waals surface area contributed by atoms with E-state index in [1.54, 1.807) is 12.1 Å². The van der Waals surface area contributed by atoms with Crippen LogP contribution in [0.4, 0.5) is 5.69 Å². The highest BCUT2D eigenvalue weighted by atomic mass is 32.2. The summed E-state index contributed by atoms with van der Waals surface area (Å²) >= 11 is 0. The van der Waals surface area contributed by atoms with Gasteiger partial charge in [-0.25, -0.2) is 8.42 Å². The van der Waals surface area contributed by atoms with Gasteiger partial charge in [0.1, 0.15) is 0 Å². The molecule has 0 spiro atoms. The average molecular weight is 300 g/mol. The Morgan fingerprint density at radius 1 is 1.25 bits per heavy atom. The lowest BCUT2D eigenvalue weighted by atomic mass is 10.1. The zero-order valence-electron chi connectivity index (χ0n) is 12.3. The first-order valence-corrected chi connectivity index (χ1v) is 8.69. The summed E-state index contributed by atoms with van der Waals surface area (Å²) in [6.07, 6.45) is 2.82. The molecule has 0 aliphatic carbocycles. The summed E-state index contributed by atoms with van der Waals surface area (Å²) < 4.78 is 24.7. The summed E-state index contributed by atoms with van der Waals surface area (Å²) in [7, 11) is -3.23. The van der Waals surface area contributed by atoms with Gasteiger partial charge in [-0.05, 0) is 37.5 Å². The van der Waals surface area contributed by atoms with E-state index in [1.807, 2.05) is 12.1 Å². The summed E-state index contributed by atoms with van der Waals surface area (Å²) in [5, 5.41) is 12.4. The Kier molecular flexibility index (Phi) is 6.45. The number of aliphatic hydroxyl groups is 1. The maximum Gasteiger partial charge on any atom is 0.229 e. The first-order valence-electron chi connectivity index (χ1n) is 6.80. The maximum atomic E-state index is 11.1. The third-order valence-corrected chi connectivity index (χ3v) is 3.78. The zero-order chi connectivity index (χ0) is 15.2. The van der Waals surface area contributed by atoms with E-state index < -0.39 is 10.0 Å². The highest BCUT2D eigenvalue weighted by Crippen LogP contribution is 2.18. The molecule has 20 heavy (non-hydrogen) atoms. The quantitative estimate of drug-likeness (QED) is 0.685. The van der Waals surface area contributed by atoms with E-state index in [4.69, 9.17) is 5.11 Å². The van der Waals surface area contributed by atoms with Gasteiger partial charge < -0.3 is 10.4 Å². The fraction of sp³-hybridized carbons (Fsp3) is 0.571. The van der Waals surface area contributed by atoms with E-state index >= 15 is 0 Å². The molecule has 0 radical (unpaired) electrons. The van der Waals surface area contributed by atoms with Gasteiger partial charge in [0, 0.05) is 24.4 Å².